The summed E-state index contributed by atoms with van der Waals surface area (Å²) in [4.78, 5) is 0.636. The van der Waals surface area contributed by atoms with Gasteiger partial charge in [-0.2, -0.15) is 5.26 Å². The van der Waals surface area contributed by atoms with Gasteiger partial charge in [0.2, 0.25) is 0 Å². The van der Waals surface area contributed by atoms with Gasteiger partial charge < -0.3 is 10.1 Å². The maximum Gasteiger partial charge on any atom is 0.156 e. The van der Waals surface area contributed by atoms with Gasteiger partial charge in [-0.05, 0) is 31.3 Å². The smallest absolute Gasteiger partial charge is 0.156 e. The molecule has 1 atom stereocenters. The van der Waals surface area contributed by atoms with Gasteiger partial charge in [-0.25, -0.2) is 0 Å². The number of thiophene rings is 1. The highest BCUT2D eigenvalue weighted by molar-refractivity contribution is 7.20. The number of nitrogens with one attached hydrogen (secondary N) is 1. The Bertz CT molecular complexity index is 820. The van der Waals surface area contributed by atoms with Crippen LogP contribution in [-0.2, 0) is 0 Å². The topological polar surface area (TPSA) is 45.0 Å². The molecule has 0 unspecified atom stereocenters. The van der Waals surface area contributed by atoms with E-state index < -0.39 is 0 Å². The van der Waals surface area contributed by atoms with E-state index in [2.05, 4.69) is 23.5 Å². The monoisotopic (exact) mass is 322 g/mol. The third-order valence-electron chi connectivity index (χ3n) is 3.74. The van der Waals surface area contributed by atoms with Crippen LogP contribution in [0.2, 0.25) is 0 Å². The first kappa shape index (κ1) is 15.5. The number of ether oxygens (including phenoxy) is 1. The lowest BCUT2D eigenvalue weighted by Crippen LogP contribution is -2.16. The number of benzene rings is 2. The SMILES string of the molecule is CNCC[C@@H](Oc1c(C#N)sc2ccccc12)c1ccccc1. The van der Waals surface area contributed by atoms with Crippen molar-refractivity contribution >= 4 is 21.4 Å². The number of rotatable bonds is 6. The van der Waals surface area contributed by atoms with Crippen LogP contribution in [0.3, 0.4) is 0 Å². The molecule has 1 aromatic heterocycles. The van der Waals surface area contributed by atoms with Gasteiger partial charge in [0.15, 0.2) is 5.75 Å². The fraction of sp³-hybridized carbons (Fsp3) is 0.211. The first-order valence-corrected chi connectivity index (χ1v) is 8.43. The van der Waals surface area contributed by atoms with Gasteiger partial charge in [0.05, 0.1) is 0 Å². The van der Waals surface area contributed by atoms with E-state index in [9.17, 15) is 5.26 Å². The molecule has 1 heterocycles. The summed E-state index contributed by atoms with van der Waals surface area (Å²) >= 11 is 1.48. The van der Waals surface area contributed by atoms with Gasteiger partial charge in [0, 0.05) is 16.5 Å². The zero-order valence-corrected chi connectivity index (χ0v) is 13.8. The minimum Gasteiger partial charge on any atom is -0.483 e. The van der Waals surface area contributed by atoms with E-state index in [1.54, 1.807) is 0 Å². The van der Waals surface area contributed by atoms with Crippen molar-refractivity contribution in [1.29, 1.82) is 5.26 Å². The van der Waals surface area contributed by atoms with Gasteiger partial charge in [-0.3, -0.25) is 0 Å². The third-order valence-corrected chi connectivity index (χ3v) is 4.80. The Hall–Kier alpha value is -2.35. The molecule has 3 nitrogen and oxygen atoms in total. The lowest BCUT2D eigenvalue weighted by Gasteiger charge is -2.19. The highest BCUT2D eigenvalue weighted by atomic mass is 32.1. The Balaban J connectivity index is 1.98. The van der Waals surface area contributed by atoms with Gasteiger partial charge in [-0.1, -0.05) is 42.5 Å². The van der Waals surface area contributed by atoms with Crippen LogP contribution in [0, 0.1) is 11.3 Å². The molecule has 0 aliphatic heterocycles. The molecule has 0 spiro atoms. The summed E-state index contributed by atoms with van der Waals surface area (Å²) in [6, 6.07) is 20.5. The Labute approximate surface area is 140 Å². The summed E-state index contributed by atoms with van der Waals surface area (Å²) in [6.45, 7) is 0.851. The maximum atomic E-state index is 9.45. The second-order valence-corrected chi connectivity index (χ2v) is 6.33. The molecule has 0 aliphatic carbocycles. The second kappa shape index (κ2) is 7.28. The van der Waals surface area contributed by atoms with Crippen LogP contribution >= 0.6 is 11.3 Å². The Morgan fingerprint density at radius 3 is 2.61 bits per heavy atom. The van der Waals surface area contributed by atoms with Crippen molar-refractivity contribution in [1.82, 2.24) is 5.32 Å². The minimum absolute atomic E-state index is 0.0752. The van der Waals surface area contributed by atoms with Gasteiger partial charge in [0.1, 0.15) is 17.1 Å². The zero-order valence-electron chi connectivity index (χ0n) is 13.0. The second-order valence-electron chi connectivity index (χ2n) is 5.28. The van der Waals surface area contributed by atoms with Crippen molar-refractivity contribution in [3.05, 3.63) is 65.0 Å². The van der Waals surface area contributed by atoms with E-state index in [1.165, 1.54) is 11.3 Å². The number of hydrogen-bond acceptors (Lipinski definition) is 4. The molecule has 0 saturated carbocycles. The summed E-state index contributed by atoms with van der Waals surface area (Å²) < 4.78 is 7.41. The predicted molar refractivity (Wildman–Crippen MR) is 94.9 cm³/mol. The average Bonchev–Trinajstić information content (AvgIpc) is 2.97. The van der Waals surface area contributed by atoms with Crippen LogP contribution < -0.4 is 10.1 Å². The van der Waals surface area contributed by atoms with Crippen LogP contribution in [0.25, 0.3) is 10.1 Å². The molecule has 0 radical (unpaired) electrons. The molecular formula is C19H18N2OS. The zero-order chi connectivity index (χ0) is 16.1. The van der Waals surface area contributed by atoms with Crippen molar-refractivity contribution in [3.8, 4) is 11.8 Å². The molecule has 3 aromatic rings. The lowest BCUT2D eigenvalue weighted by molar-refractivity contribution is 0.198. The van der Waals surface area contributed by atoms with E-state index in [0.29, 0.717) is 10.6 Å². The van der Waals surface area contributed by atoms with Crippen LogP contribution in [-0.4, -0.2) is 13.6 Å². The fourth-order valence-corrected chi connectivity index (χ4v) is 3.53. The number of hydrogen-bond donors (Lipinski definition) is 1. The Morgan fingerprint density at radius 2 is 1.87 bits per heavy atom. The molecule has 4 heteroatoms. The van der Waals surface area contributed by atoms with Gasteiger partial charge in [-0.15, -0.1) is 11.3 Å². The number of nitriles is 1. The van der Waals surface area contributed by atoms with E-state index in [-0.39, 0.29) is 6.10 Å². The minimum atomic E-state index is -0.0752. The molecule has 116 valence electrons. The lowest BCUT2D eigenvalue weighted by atomic mass is 10.1. The van der Waals surface area contributed by atoms with Crippen LogP contribution in [0.15, 0.2) is 54.6 Å². The van der Waals surface area contributed by atoms with Crippen molar-refractivity contribution in [3.63, 3.8) is 0 Å². The molecule has 1 N–H and O–H groups in total. The van der Waals surface area contributed by atoms with E-state index >= 15 is 0 Å². The summed E-state index contributed by atoms with van der Waals surface area (Å²) in [7, 11) is 1.93. The molecule has 23 heavy (non-hydrogen) atoms. The molecule has 0 fully saturated rings. The molecule has 0 aliphatic rings. The molecule has 3 rings (SSSR count). The predicted octanol–water partition coefficient (Wildman–Crippen LogP) is 4.50. The normalized spacial score (nSPS) is 12.0. The first-order valence-electron chi connectivity index (χ1n) is 7.61. The number of nitrogens with zero attached hydrogens (tertiary/aromatic N) is 1. The maximum absolute atomic E-state index is 9.45. The van der Waals surface area contributed by atoms with Crippen molar-refractivity contribution in [2.24, 2.45) is 0 Å². The first-order chi connectivity index (χ1) is 11.3. The van der Waals surface area contributed by atoms with Crippen LogP contribution in [0.1, 0.15) is 23.0 Å². The van der Waals surface area contributed by atoms with Crippen molar-refractivity contribution in [2.45, 2.75) is 12.5 Å². The van der Waals surface area contributed by atoms with Crippen molar-refractivity contribution in [2.75, 3.05) is 13.6 Å². The molecule has 0 amide bonds. The summed E-state index contributed by atoms with van der Waals surface area (Å²) in [6.07, 6.45) is 0.768. The van der Waals surface area contributed by atoms with Gasteiger partial charge >= 0.3 is 0 Å². The number of fused-ring (bicyclic) bond motifs is 1. The van der Waals surface area contributed by atoms with Crippen LogP contribution in [0.5, 0.6) is 5.75 Å². The molecule has 2 aromatic carbocycles. The average molecular weight is 322 g/mol. The molecular weight excluding hydrogens is 304 g/mol. The summed E-state index contributed by atoms with van der Waals surface area (Å²) in [5.41, 5.74) is 1.13. The van der Waals surface area contributed by atoms with E-state index in [1.807, 2.05) is 49.5 Å². The standard InChI is InChI=1S/C19H18N2OS/c1-21-12-11-16(14-7-3-2-4-8-14)22-19-15-9-5-6-10-17(15)23-18(19)13-20/h2-10,16,21H,11-12H2,1H3/t16-/m1/s1. The highest BCUT2D eigenvalue weighted by Crippen LogP contribution is 2.39. The molecule has 0 saturated heterocycles. The Kier molecular flexibility index (Phi) is 4.92. The van der Waals surface area contributed by atoms with Crippen LogP contribution in [0.4, 0.5) is 0 Å². The van der Waals surface area contributed by atoms with Crippen molar-refractivity contribution < 1.29 is 4.74 Å². The summed E-state index contributed by atoms with van der Waals surface area (Å²) in [5, 5.41) is 13.6. The third kappa shape index (κ3) is 3.37. The quantitative estimate of drug-likeness (QED) is 0.726. The Morgan fingerprint density at radius 1 is 1.13 bits per heavy atom. The van der Waals surface area contributed by atoms with E-state index in [4.69, 9.17) is 4.74 Å². The molecule has 0 bridgehead atoms. The van der Waals surface area contributed by atoms with E-state index in [0.717, 1.165) is 28.6 Å². The highest BCUT2D eigenvalue weighted by Gasteiger charge is 2.19. The van der Waals surface area contributed by atoms with Gasteiger partial charge in [0.25, 0.3) is 0 Å². The largest absolute Gasteiger partial charge is 0.483 e. The fourth-order valence-electron chi connectivity index (χ4n) is 2.59. The summed E-state index contributed by atoms with van der Waals surface area (Å²) in [5.74, 6) is 0.707.